The van der Waals surface area contributed by atoms with Crippen LogP contribution in [0.1, 0.15) is 25.3 Å². The van der Waals surface area contributed by atoms with Gasteiger partial charge in [0.05, 0.1) is 0 Å². The van der Waals surface area contributed by atoms with Crippen molar-refractivity contribution in [3.8, 4) is 17.2 Å². The summed E-state index contributed by atoms with van der Waals surface area (Å²) >= 11 is 3.36. The van der Waals surface area contributed by atoms with E-state index in [1.54, 1.807) is 6.07 Å². The third kappa shape index (κ3) is 2.72. The molecular weight excluding hydrogens is 288 g/mol. The average molecular weight is 301 g/mol. The number of benzene rings is 1. The van der Waals surface area contributed by atoms with E-state index in [2.05, 4.69) is 15.9 Å². The van der Waals surface area contributed by atoms with Crippen LogP contribution in [-0.2, 0) is 10.1 Å². The number of carbonyl (C=O) groups excluding carboxylic acids is 1. The Hall–Kier alpha value is -1.23. The first kappa shape index (κ1) is 12.2. The molecule has 0 amide bonds. The predicted octanol–water partition coefficient (Wildman–Crippen LogP) is 3.02. The van der Waals surface area contributed by atoms with Crippen molar-refractivity contribution in [3.63, 3.8) is 0 Å². The number of rotatable bonds is 4. The van der Waals surface area contributed by atoms with Gasteiger partial charge in [0.15, 0.2) is 11.5 Å². The largest absolute Gasteiger partial charge is 0.454 e. The summed E-state index contributed by atoms with van der Waals surface area (Å²) in [5, 5.41) is 0.596. The molecule has 0 unspecified atom stereocenters. The van der Waals surface area contributed by atoms with Gasteiger partial charge >= 0.3 is 5.97 Å². The Balaban J connectivity index is 2.23. The number of halogens is 1. The Morgan fingerprint density at radius 3 is 2.76 bits per heavy atom. The molecule has 0 N–H and O–H groups in total. The van der Waals surface area contributed by atoms with Crippen molar-refractivity contribution in [1.82, 2.24) is 0 Å². The van der Waals surface area contributed by atoms with Crippen molar-refractivity contribution in [2.45, 2.75) is 25.1 Å². The second kappa shape index (κ2) is 5.40. The summed E-state index contributed by atoms with van der Waals surface area (Å²) in [6.07, 6.45) is 1.18. The van der Waals surface area contributed by atoms with E-state index < -0.39 is 0 Å². The molecule has 17 heavy (non-hydrogen) atoms. The Labute approximate surface area is 108 Å². The highest BCUT2D eigenvalue weighted by Gasteiger charge is 2.18. The van der Waals surface area contributed by atoms with Gasteiger partial charge in [-0.1, -0.05) is 22.9 Å². The fraction of sp³-hybridized carbons (Fsp3) is 0.417. The highest BCUT2D eigenvalue weighted by molar-refractivity contribution is 9.08. The Morgan fingerprint density at radius 1 is 1.41 bits per heavy atom. The molecule has 0 spiro atoms. The van der Waals surface area contributed by atoms with Gasteiger partial charge in [0.1, 0.15) is 5.75 Å². The molecule has 0 atom stereocenters. The molecule has 0 radical (unpaired) electrons. The van der Waals surface area contributed by atoms with Crippen LogP contribution in [0.2, 0.25) is 0 Å². The Bertz CT molecular complexity index is 431. The van der Waals surface area contributed by atoms with Crippen molar-refractivity contribution in [2.24, 2.45) is 0 Å². The maximum Gasteiger partial charge on any atom is 0.311 e. The van der Waals surface area contributed by atoms with Crippen molar-refractivity contribution in [3.05, 3.63) is 17.7 Å². The number of fused-ring (bicyclic) bond motifs is 1. The molecule has 1 aromatic rings. The molecular formula is C12H13BrO4. The zero-order chi connectivity index (χ0) is 12.3. The number of hydrogen-bond acceptors (Lipinski definition) is 4. The summed E-state index contributed by atoms with van der Waals surface area (Å²) in [6.45, 7) is 2.15. The summed E-state index contributed by atoms with van der Waals surface area (Å²) in [4.78, 5) is 11.5. The van der Waals surface area contributed by atoms with E-state index in [0.29, 0.717) is 29.0 Å². The second-order valence-electron chi connectivity index (χ2n) is 3.67. The molecule has 5 heteroatoms. The molecule has 1 aliphatic rings. The topological polar surface area (TPSA) is 44.8 Å². The molecule has 4 nitrogen and oxygen atoms in total. The SMILES string of the molecule is CCCC(=O)Oc1cc2c(cc1CBr)OCO2. The van der Waals surface area contributed by atoms with Gasteiger partial charge in [0.25, 0.3) is 0 Å². The van der Waals surface area contributed by atoms with Crippen molar-refractivity contribution < 1.29 is 19.0 Å². The lowest BCUT2D eigenvalue weighted by molar-refractivity contribution is -0.134. The highest BCUT2D eigenvalue weighted by atomic mass is 79.9. The molecule has 0 saturated heterocycles. The standard InChI is InChI=1S/C12H13BrO4/c1-2-3-12(14)17-9-5-11-10(15-7-16-11)4-8(9)6-13/h4-5H,2-3,6-7H2,1H3. The molecule has 0 aromatic heterocycles. The summed E-state index contributed by atoms with van der Waals surface area (Å²) in [5.41, 5.74) is 0.874. The van der Waals surface area contributed by atoms with Gasteiger partial charge < -0.3 is 14.2 Å². The Morgan fingerprint density at radius 2 is 2.12 bits per heavy atom. The molecule has 0 aliphatic carbocycles. The maximum absolute atomic E-state index is 11.5. The molecule has 0 fully saturated rings. The minimum atomic E-state index is -0.228. The zero-order valence-electron chi connectivity index (χ0n) is 9.49. The van der Waals surface area contributed by atoms with Gasteiger partial charge in [0, 0.05) is 23.4 Å². The lowest BCUT2D eigenvalue weighted by Crippen LogP contribution is -2.08. The molecule has 1 heterocycles. The minimum absolute atomic E-state index is 0.212. The van der Waals surface area contributed by atoms with E-state index >= 15 is 0 Å². The number of ether oxygens (including phenoxy) is 3. The molecule has 2 rings (SSSR count). The van der Waals surface area contributed by atoms with Gasteiger partial charge in [-0.2, -0.15) is 0 Å². The first-order valence-electron chi connectivity index (χ1n) is 5.43. The average Bonchev–Trinajstić information content (AvgIpc) is 2.75. The number of carbonyl (C=O) groups is 1. The quantitative estimate of drug-likeness (QED) is 0.487. The fourth-order valence-corrected chi connectivity index (χ4v) is 1.98. The second-order valence-corrected chi connectivity index (χ2v) is 4.23. The van der Waals surface area contributed by atoms with Gasteiger partial charge in [-0.25, -0.2) is 0 Å². The van der Waals surface area contributed by atoms with Crippen LogP contribution in [0.5, 0.6) is 17.2 Å². The van der Waals surface area contributed by atoms with Crippen LogP contribution in [0.25, 0.3) is 0 Å². The van der Waals surface area contributed by atoms with Crippen LogP contribution in [0, 0.1) is 0 Å². The summed E-state index contributed by atoms with van der Waals surface area (Å²) in [7, 11) is 0. The van der Waals surface area contributed by atoms with E-state index in [0.717, 1.165) is 12.0 Å². The normalized spacial score (nSPS) is 12.6. The molecule has 0 bridgehead atoms. The summed E-state index contributed by atoms with van der Waals surface area (Å²) in [6, 6.07) is 3.53. The molecule has 92 valence electrons. The number of hydrogen-bond donors (Lipinski definition) is 0. The van der Waals surface area contributed by atoms with E-state index in [-0.39, 0.29) is 12.8 Å². The van der Waals surface area contributed by atoms with Gasteiger partial charge in [-0.3, -0.25) is 4.79 Å². The van der Waals surface area contributed by atoms with Crippen molar-refractivity contribution in [1.29, 1.82) is 0 Å². The van der Waals surface area contributed by atoms with Crippen LogP contribution in [0.4, 0.5) is 0 Å². The van der Waals surface area contributed by atoms with Crippen molar-refractivity contribution >= 4 is 21.9 Å². The van der Waals surface area contributed by atoms with Crippen LogP contribution < -0.4 is 14.2 Å². The molecule has 1 aliphatic heterocycles. The fourth-order valence-electron chi connectivity index (χ4n) is 1.54. The third-order valence-corrected chi connectivity index (χ3v) is 2.98. The minimum Gasteiger partial charge on any atom is -0.454 e. The zero-order valence-corrected chi connectivity index (χ0v) is 11.1. The van der Waals surface area contributed by atoms with E-state index in [4.69, 9.17) is 14.2 Å². The third-order valence-electron chi connectivity index (χ3n) is 2.38. The monoisotopic (exact) mass is 300 g/mol. The first-order valence-corrected chi connectivity index (χ1v) is 6.56. The van der Waals surface area contributed by atoms with Crippen molar-refractivity contribution in [2.75, 3.05) is 6.79 Å². The van der Waals surface area contributed by atoms with E-state index in [1.807, 2.05) is 13.0 Å². The lowest BCUT2D eigenvalue weighted by atomic mass is 10.2. The van der Waals surface area contributed by atoms with Crippen LogP contribution >= 0.6 is 15.9 Å². The first-order chi connectivity index (χ1) is 8.24. The highest BCUT2D eigenvalue weighted by Crippen LogP contribution is 2.39. The predicted molar refractivity (Wildman–Crippen MR) is 65.7 cm³/mol. The number of esters is 1. The van der Waals surface area contributed by atoms with Gasteiger partial charge in [-0.15, -0.1) is 0 Å². The van der Waals surface area contributed by atoms with E-state index in [9.17, 15) is 4.79 Å². The van der Waals surface area contributed by atoms with Gasteiger partial charge in [-0.05, 0) is 12.5 Å². The maximum atomic E-state index is 11.5. The molecule has 0 saturated carbocycles. The summed E-state index contributed by atoms with van der Waals surface area (Å²) < 4.78 is 15.8. The molecule has 1 aromatic carbocycles. The summed E-state index contributed by atoms with van der Waals surface area (Å²) in [5.74, 6) is 1.61. The smallest absolute Gasteiger partial charge is 0.311 e. The van der Waals surface area contributed by atoms with Gasteiger partial charge in [0.2, 0.25) is 6.79 Å². The number of alkyl halides is 1. The van der Waals surface area contributed by atoms with Crippen LogP contribution in [0.15, 0.2) is 12.1 Å². The lowest BCUT2D eigenvalue weighted by Gasteiger charge is -2.09. The van der Waals surface area contributed by atoms with E-state index in [1.165, 1.54) is 0 Å². The van der Waals surface area contributed by atoms with Crippen LogP contribution in [0.3, 0.4) is 0 Å². The Kier molecular flexibility index (Phi) is 3.89. The van der Waals surface area contributed by atoms with Crippen LogP contribution in [-0.4, -0.2) is 12.8 Å².